The number of hydrogen-bond acceptors (Lipinski definition) is 3. The Morgan fingerprint density at radius 2 is 2.11 bits per heavy atom. The highest BCUT2D eigenvalue weighted by Gasteiger charge is 2.11. The molecule has 0 aliphatic heterocycles. The molecule has 0 aliphatic carbocycles. The van der Waals surface area contributed by atoms with Crippen molar-refractivity contribution in [2.75, 3.05) is 0 Å². The molecule has 1 aromatic carbocycles. The molecule has 0 saturated heterocycles. The number of fused-ring (bicyclic) bond motifs is 1. The smallest absolute Gasteiger partial charge is 0.337 e. The number of imidazole rings is 1. The molecule has 0 radical (unpaired) electrons. The van der Waals surface area contributed by atoms with Crippen LogP contribution in [0.4, 0.5) is 0 Å². The lowest BCUT2D eigenvalue weighted by molar-refractivity contribution is 0.0696. The van der Waals surface area contributed by atoms with E-state index in [-0.39, 0.29) is 5.56 Å². The van der Waals surface area contributed by atoms with Crippen LogP contribution in [0.5, 0.6) is 0 Å². The van der Waals surface area contributed by atoms with Crippen LogP contribution in [0.3, 0.4) is 0 Å². The van der Waals surface area contributed by atoms with Gasteiger partial charge in [-0.3, -0.25) is 0 Å². The summed E-state index contributed by atoms with van der Waals surface area (Å²) in [6.07, 6.45) is 1.31. The van der Waals surface area contributed by atoms with Crippen molar-refractivity contribution in [3.8, 4) is 11.4 Å². The number of halogens is 1. The van der Waals surface area contributed by atoms with E-state index in [0.717, 1.165) is 9.13 Å². The summed E-state index contributed by atoms with van der Waals surface area (Å²) in [5, 5.41) is 8.94. The van der Waals surface area contributed by atoms with Crippen LogP contribution in [0.25, 0.3) is 22.6 Å². The summed E-state index contributed by atoms with van der Waals surface area (Å²) in [5.74, 6) is -0.310. The van der Waals surface area contributed by atoms with Crippen LogP contribution in [0, 0.1) is 3.57 Å². The molecule has 0 atom stereocenters. The second-order valence-corrected chi connectivity index (χ2v) is 5.13. The average Bonchev–Trinajstić information content (AvgIpc) is 2.81. The Labute approximate surface area is 121 Å². The minimum absolute atomic E-state index is 0.144. The maximum Gasteiger partial charge on any atom is 0.337 e. The predicted octanol–water partition coefficient (Wildman–Crippen LogP) is 2.93. The van der Waals surface area contributed by atoms with Crippen LogP contribution in [0.1, 0.15) is 10.4 Å². The summed E-state index contributed by atoms with van der Waals surface area (Å²) >= 11 is 2.23. The van der Waals surface area contributed by atoms with Crippen molar-refractivity contribution in [2.24, 2.45) is 0 Å². The highest BCUT2D eigenvalue weighted by molar-refractivity contribution is 14.1. The Hall–Kier alpha value is -1.96. The maximum atomic E-state index is 10.9. The van der Waals surface area contributed by atoms with Gasteiger partial charge < -0.3 is 10.1 Å². The summed E-state index contributed by atoms with van der Waals surface area (Å²) in [6, 6.07) is 9.36. The molecule has 2 N–H and O–H groups in total. The van der Waals surface area contributed by atoms with E-state index in [1.165, 1.54) is 12.3 Å². The maximum absolute atomic E-state index is 10.9. The third-order valence-corrected chi connectivity index (χ3v) is 3.65. The van der Waals surface area contributed by atoms with Gasteiger partial charge in [-0.25, -0.2) is 14.8 Å². The number of hydrogen-bond donors (Lipinski definition) is 2. The number of carboxylic acids is 1. The number of H-pyrrole nitrogens is 1. The average molecular weight is 365 g/mol. The van der Waals surface area contributed by atoms with Gasteiger partial charge >= 0.3 is 5.97 Å². The molecule has 0 unspecified atom stereocenters. The molecule has 2 heterocycles. The summed E-state index contributed by atoms with van der Waals surface area (Å²) in [6.45, 7) is 0. The summed E-state index contributed by atoms with van der Waals surface area (Å²) in [5.41, 5.74) is 2.25. The number of carbonyl (C=O) groups is 1. The first-order valence-corrected chi connectivity index (χ1v) is 6.57. The minimum atomic E-state index is -1.00. The number of aromatic carboxylic acids is 1. The molecule has 0 amide bonds. The SMILES string of the molecule is O=C(O)c1cnc2nc(-c3ccccc3I)[nH]c2c1. The topological polar surface area (TPSA) is 78.9 Å². The van der Waals surface area contributed by atoms with Gasteiger partial charge in [0.1, 0.15) is 5.82 Å². The van der Waals surface area contributed by atoms with Gasteiger partial charge in [0.25, 0.3) is 0 Å². The number of carboxylic acid groups (broad SMARTS) is 1. The summed E-state index contributed by atoms with van der Waals surface area (Å²) in [4.78, 5) is 22.4. The molecule has 94 valence electrons. The van der Waals surface area contributed by atoms with Crippen LogP contribution in [0.15, 0.2) is 36.5 Å². The standard InChI is InChI=1S/C13H8IN3O2/c14-9-4-2-1-3-8(9)11-16-10-5-7(13(18)19)6-15-12(10)17-11/h1-6H,(H,18,19)(H,15,16,17). The van der Waals surface area contributed by atoms with Crippen molar-refractivity contribution in [1.29, 1.82) is 0 Å². The fraction of sp³-hybridized carbons (Fsp3) is 0. The lowest BCUT2D eigenvalue weighted by Gasteiger charge is -1.98. The molecule has 19 heavy (non-hydrogen) atoms. The Morgan fingerprint density at radius 3 is 2.84 bits per heavy atom. The van der Waals surface area contributed by atoms with Gasteiger partial charge in [-0.1, -0.05) is 18.2 Å². The van der Waals surface area contributed by atoms with Crippen LogP contribution in [-0.2, 0) is 0 Å². The molecular formula is C13H8IN3O2. The van der Waals surface area contributed by atoms with E-state index in [1.807, 2.05) is 24.3 Å². The van der Waals surface area contributed by atoms with Crippen LogP contribution in [-0.4, -0.2) is 26.0 Å². The lowest BCUT2D eigenvalue weighted by atomic mass is 10.2. The number of nitrogens with one attached hydrogen (secondary N) is 1. The van der Waals surface area contributed by atoms with Crippen LogP contribution < -0.4 is 0 Å². The molecule has 0 saturated carbocycles. The van der Waals surface area contributed by atoms with Gasteiger partial charge in [0.2, 0.25) is 0 Å². The van der Waals surface area contributed by atoms with Crippen molar-refractivity contribution >= 4 is 39.7 Å². The normalized spacial score (nSPS) is 10.8. The molecule has 3 rings (SSSR count). The molecule has 0 spiro atoms. The van der Waals surface area contributed by atoms with Crippen molar-refractivity contribution < 1.29 is 9.90 Å². The monoisotopic (exact) mass is 365 g/mol. The van der Waals surface area contributed by atoms with Crippen molar-refractivity contribution in [1.82, 2.24) is 15.0 Å². The zero-order valence-electron chi connectivity index (χ0n) is 9.59. The highest BCUT2D eigenvalue weighted by atomic mass is 127. The number of benzene rings is 1. The van der Waals surface area contributed by atoms with Crippen molar-refractivity contribution in [2.45, 2.75) is 0 Å². The first-order valence-electron chi connectivity index (χ1n) is 5.49. The fourth-order valence-electron chi connectivity index (χ4n) is 1.80. The predicted molar refractivity (Wildman–Crippen MR) is 79.0 cm³/mol. The molecule has 0 aliphatic rings. The van der Waals surface area contributed by atoms with E-state index in [9.17, 15) is 4.79 Å². The third kappa shape index (κ3) is 2.19. The number of pyridine rings is 1. The van der Waals surface area contributed by atoms with E-state index in [0.29, 0.717) is 17.0 Å². The molecule has 0 fully saturated rings. The largest absolute Gasteiger partial charge is 0.478 e. The van der Waals surface area contributed by atoms with E-state index in [1.54, 1.807) is 0 Å². The molecule has 3 aromatic rings. The molecule has 0 bridgehead atoms. The summed E-state index contributed by atoms with van der Waals surface area (Å²) < 4.78 is 1.07. The van der Waals surface area contributed by atoms with E-state index in [2.05, 4.69) is 37.5 Å². The van der Waals surface area contributed by atoms with E-state index in [4.69, 9.17) is 5.11 Å². The Morgan fingerprint density at radius 1 is 1.32 bits per heavy atom. The van der Waals surface area contributed by atoms with Crippen molar-refractivity contribution in [3.05, 3.63) is 45.7 Å². The Balaban J connectivity index is 2.17. The number of nitrogens with zero attached hydrogens (tertiary/aromatic N) is 2. The van der Waals surface area contributed by atoms with Gasteiger partial charge in [0, 0.05) is 15.3 Å². The van der Waals surface area contributed by atoms with Crippen molar-refractivity contribution in [3.63, 3.8) is 0 Å². The van der Waals surface area contributed by atoms with Gasteiger partial charge in [-0.2, -0.15) is 0 Å². The zero-order valence-corrected chi connectivity index (χ0v) is 11.7. The third-order valence-electron chi connectivity index (χ3n) is 2.71. The van der Waals surface area contributed by atoms with Gasteiger partial charge in [-0.05, 0) is 34.7 Å². The lowest BCUT2D eigenvalue weighted by Crippen LogP contribution is -1.96. The molecular weight excluding hydrogens is 357 g/mol. The minimum Gasteiger partial charge on any atom is -0.478 e. The second kappa shape index (κ2) is 4.61. The van der Waals surface area contributed by atoms with Gasteiger partial charge in [-0.15, -0.1) is 0 Å². The quantitative estimate of drug-likeness (QED) is 0.685. The second-order valence-electron chi connectivity index (χ2n) is 3.97. The molecule has 2 aromatic heterocycles. The number of aromatic nitrogens is 3. The molecule has 5 nitrogen and oxygen atoms in total. The van der Waals surface area contributed by atoms with Crippen LogP contribution >= 0.6 is 22.6 Å². The number of rotatable bonds is 2. The first-order chi connectivity index (χ1) is 9.15. The van der Waals surface area contributed by atoms with Gasteiger partial charge in [0.15, 0.2) is 5.65 Å². The molecule has 6 heteroatoms. The van der Waals surface area contributed by atoms with Gasteiger partial charge in [0.05, 0.1) is 11.1 Å². The number of aromatic amines is 1. The Kier molecular flexibility index (Phi) is 2.94. The zero-order chi connectivity index (χ0) is 13.4. The first kappa shape index (κ1) is 12.1. The Bertz CT molecular complexity index is 782. The van der Waals surface area contributed by atoms with E-state index < -0.39 is 5.97 Å². The van der Waals surface area contributed by atoms with E-state index >= 15 is 0 Å². The highest BCUT2D eigenvalue weighted by Crippen LogP contribution is 2.24. The summed E-state index contributed by atoms with van der Waals surface area (Å²) in [7, 11) is 0. The fourth-order valence-corrected chi connectivity index (χ4v) is 2.44. The van der Waals surface area contributed by atoms with Crippen LogP contribution in [0.2, 0.25) is 0 Å².